The number of aliphatic hydroxyl groups is 2. The molecule has 1 rings (SSSR count). The lowest BCUT2D eigenvalue weighted by molar-refractivity contribution is -0.0494. The average molecular weight is 172 g/mol. The highest BCUT2D eigenvalue weighted by molar-refractivity contribution is 4.84. The van der Waals surface area contributed by atoms with E-state index in [0.29, 0.717) is 5.92 Å². The Labute approximate surface area is 74.6 Å². The Balaban J connectivity index is 2.33. The summed E-state index contributed by atoms with van der Waals surface area (Å²) in [5, 5.41) is 19.3. The van der Waals surface area contributed by atoms with Crippen molar-refractivity contribution >= 4 is 0 Å². The summed E-state index contributed by atoms with van der Waals surface area (Å²) in [6.07, 6.45) is 2.12. The molecule has 2 nitrogen and oxygen atoms in total. The van der Waals surface area contributed by atoms with Crippen molar-refractivity contribution in [3.63, 3.8) is 0 Å². The van der Waals surface area contributed by atoms with Gasteiger partial charge in [0.1, 0.15) is 0 Å². The van der Waals surface area contributed by atoms with Crippen molar-refractivity contribution in [1.82, 2.24) is 0 Å². The second kappa shape index (κ2) is 3.35. The maximum Gasteiger partial charge on any atom is 0.0847 e. The molecule has 72 valence electrons. The van der Waals surface area contributed by atoms with Gasteiger partial charge in [0.15, 0.2) is 0 Å². The number of hydrogen-bond donors (Lipinski definition) is 2. The SMILES string of the molecule is CC(C)(C)C(O)C(O)CC1CC1. The number of aliphatic hydroxyl groups excluding tert-OH is 2. The molecule has 1 aliphatic carbocycles. The molecule has 2 heteroatoms. The lowest BCUT2D eigenvalue weighted by atomic mass is 9.84. The highest BCUT2D eigenvalue weighted by Crippen LogP contribution is 2.36. The van der Waals surface area contributed by atoms with Crippen molar-refractivity contribution in [2.45, 2.75) is 52.2 Å². The standard InChI is InChI=1S/C10H20O2/c1-10(2,3)9(12)8(11)6-7-4-5-7/h7-9,11-12H,4-6H2,1-3H3. The molecule has 1 saturated carbocycles. The summed E-state index contributed by atoms with van der Waals surface area (Å²) < 4.78 is 0. The van der Waals surface area contributed by atoms with Gasteiger partial charge in [0.2, 0.25) is 0 Å². The van der Waals surface area contributed by atoms with Crippen LogP contribution in [0, 0.1) is 11.3 Å². The third-order valence-electron chi connectivity index (χ3n) is 2.52. The molecule has 0 spiro atoms. The quantitative estimate of drug-likeness (QED) is 0.678. The first kappa shape index (κ1) is 10.0. The Morgan fingerprint density at radius 3 is 2.08 bits per heavy atom. The molecule has 0 saturated heterocycles. The topological polar surface area (TPSA) is 40.5 Å². The predicted octanol–water partition coefficient (Wildman–Crippen LogP) is 1.55. The van der Waals surface area contributed by atoms with Gasteiger partial charge in [-0.15, -0.1) is 0 Å². The fourth-order valence-electron chi connectivity index (χ4n) is 1.40. The van der Waals surface area contributed by atoms with E-state index >= 15 is 0 Å². The van der Waals surface area contributed by atoms with Crippen molar-refractivity contribution in [1.29, 1.82) is 0 Å². The third kappa shape index (κ3) is 2.76. The Morgan fingerprint density at radius 1 is 1.25 bits per heavy atom. The number of hydrogen-bond acceptors (Lipinski definition) is 2. The van der Waals surface area contributed by atoms with Crippen LogP contribution in [-0.2, 0) is 0 Å². The zero-order chi connectivity index (χ0) is 9.35. The minimum Gasteiger partial charge on any atom is -0.390 e. The van der Waals surface area contributed by atoms with Crippen molar-refractivity contribution in [2.24, 2.45) is 11.3 Å². The second-order valence-electron chi connectivity index (χ2n) is 5.06. The first-order valence-corrected chi connectivity index (χ1v) is 4.77. The van der Waals surface area contributed by atoms with E-state index in [1.165, 1.54) is 12.8 Å². The molecule has 0 amide bonds. The van der Waals surface area contributed by atoms with Crippen LogP contribution < -0.4 is 0 Å². The Morgan fingerprint density at radius 2 is 1.75 bits per heavy atom. The Hall–Kier alpha value is -0.0800. The minimum absolute atomic E-state index is 0.200. The van der Waals surface area contributed by atoms with Crippen molar-refractivity contribution in [2.75, 3.05) is 0 Å². The summed E-state index contributed by atoms with van der Waals surface area (Å²) in [4.78, 5) is 0. The molecule has 0 aromatic heterocycles. The van der Waals surface area contributed by atoms with Crippen LogP contribution in [0.4, 0.5) is 0 Å². The third-order valence-corrected chi connectivity index (χ3v) is 2.52. The molecular formula is C10H20O2. The summed E-state index contributed by atoms with van der Waals surface area (Å²) >= 11 is 0. The minimum atomic E-state index is -0.585. The van der Waals surface area contributed by atoms with Crippen molar-refractivity contribution < 1.29 is 10.2 Å². The van der Waals surface area contributed by atoms with E-state index < -0.39 is 12.2 Å². The summed E-state index contributed by atoms with van der Waals surface area (Å²) in [5.74, 6) is 0.678. The fourth-order valence-corrected chi connectivity index (χ4v) is 1.40. The second-order valence-corrected chi connectivity index (χ2v) is 5.06. The molecule has 0 aliphatic heterocycles. The van der Waals surface area contributed by atoms with Gasteiger partial charge in [-0.05, 0) is 17.8 Å². The van der Waals surface area contributed by atoms with E-state index in [-0.39, 0.29) is 5.41 Å². The Kier molecular flexibility index (Phi) is 2.79. The van der Waals surface area contributed by atoms with Crippen LogP contribution >= 0.6 is 0 Å². The van der Waals surface area contributed by atoms with Crippen molar-refractivity contribution in [3.8, 4) is 0 Å². The predicted molar refractivity (Wildman–Crippen MR) is 48.8 cm³/mol. The summed E-state index contributed by atoms with van der Waals surface area (Å²) in [7, 11) is 0. The van der Waals surface area contributed by atoms with Crippen LogP contribution in [-0.4, -0.2) is 22.4 Å². The number of rotatable bonds is 3. The smallest absolute Gasteiger partial charge is 0.0847 e. The molecule has 2 unspecified atom stereocenters. The monoisotopic (exact) mass is 172 g/mol. The lowest BCUT2D eigenvalue weighted by Gasteiger charge is -2.29. The van der Waals surface area contributed by atoms with Crippen LogP contribution in [0.2, 0.25) is 0 Å². The summed E-state index contributed by atoms with van der Waals surface area (Å²) in [6, 6.07) is 0. The highest BCUT2D eigenvalue weighted by atomic mass is 16.3. The van der Waals surface area contributed by atoms with Crippen LogP contribution in [0.25, 0.3) is 0 Å². The summed E-state index contributed by atoms with van der Waals surface area (Å²) in [5.41, 5.74) is -0.200. The first-order chi connectivity index (χ1) is 5.41. The zero-order valence-corrected chi connectivity index (χ0v) is 8.25. The van der Waals surface area contributed by atoms with Gasteiger partial charge in [0.25, 0.3) is 0 Å². The molecule has 0 bridgehead atoms. The van der Waals surface area contributed by atoms with Gasteiger partial charge in [-0.2, -0.15) is 0 Å². The molecule has 0 radical (unpaired) electrons. The molecule has 2 atom stereocenters. The van der Waals surface area contributed by atoms with Gasteiger partial charge in [0, 0.05) is 0 Å². The van der Waals surface area contributed by atoms with Crippen LogP contribution in [0.15, 0.2) is 0 Å². The maximum atomic E-state index is 9.68. The van der Waals surface area contributed by atoms with Gasteiger partial charge >= 0.3 is 0 Å². The van der Waals surface area contributed by atoms with Gasteiger partial charge < -0.3 is 10.2 Å². The van der Waals surface area contributed by atoms with Gasteiger partial charge in [-0.3, -0.25) is 0 Å². The van der Waals surface area contributed by atoms with Crippen LogP contribution in [0.5, 0.6) is 0 Å². The molecule has 0 aromatic carbocycles. The van der Waals surface area contributed by atoms with E-state index in [1.54, 1.807) is 0 Å². The van der Waals surface area contributed by atoms with Gasteiger partial charge in [0.05, 0.1) is 12.2 Å². The largest absolute Gasteiger partial charge is 0.390 e. The maximum absolute atomic E-state index is 9.68. The van der Waals surface area contributed by atoms with E-state index in [9.17, 15) is 10.2 Å². The first-order valence-electron chi connectivity index (χ1n) is 4.77. The molecule has 0 heterocycles. The molecule has 1 fully saturated rings. The van der Waals surface area contributed by atoms with Gasteiger partial charge in [-0.1, -0.05) is 33.6 Å². The molecule has 2 N–H and O–H groups in total. The molecule has 1 aliphatic rings. The summed E-state index contributed by atoms with van der Waals surface area (Å²) in [6.45, 7) is 5.86. The van der Waals surface area contributed by atoms with E-state index in [2.05, 4.69) is 0 Å². The van der Waals surface area contributed by atoms with E-state index in [0.717, 1.165) is 6.42 Å². The normalized spacial score (nSPS) is 23.8. The lowest BCUT2D eigenvalue weighted by Crippen LogP contribution is -2.37. The molecular weight excluding hydrogens is 152 g/mol. The fraction of sp³-hybridized carbons (Fsp3) is 1.00. The van der Waals surface area contributed by atoms with Crippen molar-refractivity contribution in [3.05, 3.63) is 0 Å². The van der Waals surface area contributed by atoms with Gasteiger partial charge in [-0.25, -0.2) is 0 Å². The van der Waals surface area contributed by atoms with E-state index in [4.69, 9.17) is 0 Å². The van der Waals surface area contributed by atoms with Crippen LogP contribution in [0.3, 0.4) is 0 Å². The zero-order valence-electron chi connectivity index (χ0n) is 8.25. The highest BCUT2D eigenvalue weighted by Gasteiger charge is 2.33. The average Bonchev–Trinajstić information content (AvgIpc) is 2.68. The Bertz CT molecular complexity index is 144. The van der Waals surface area contributed by atoms with E-state index in [1.807, 2.05) is 20.8 Å². The molecule has 12 heavy (non-hydrogen) atoms. The van der Waals surface area contributed by atoms with Crippen LogP contribution in [0.1, 0.15) is 40.0 Å². The molecule has 0 aromatic rings.